The lowest BCUT2D eigenvalue weighted by Crippen LogP contribution is -2.42. The Kier molecular flexibility index (Phi) is 6.22. The second-order valence-corrected chi connectivity index (χ2v) is 8.86. The summed E-state index contributed by atoms with van der Waals surface area (Å²) in [6.45, 7) is 9.81. The normalized spacial score (nSPS) is 24.0. The monoisotopic (exact) mass is 384 g/mol. The van der Waals surface area contributed by atoms with Crippen LogP contribution in [0.5, 0.6) is 0 Å². The molecule has 0 bridgehead atoms. The summed E-state index contributed by atoms with van der Waals surface area (Å²) in [6.07, 6.45) is 8.37. The zero-order valence-corrected chi connectivity index (χ0v) is 17.4. The second-order valence-electron chi connectivity index (χ2n) is 8.86. The Bertz CT molecular complexity index is 666. The lowest BCUT2D eigenvalue weighted by molar-refractivity contribution is -0.126. The summed E-state index contributed by atoms with van der Waals surface area (Å²) in [5.41, 5.74) is 3.57. The van der Waals surface area contributed by atoms with Crippen LogP contribution in [0.4, 0.5) is 11.4 Å². The SMILES string of the molecule is C1CCNC1.Cc1cc(N2CCCC2)ccc1N1CCC2(CCNCC2)C1=O. The van der Waals surface area contributed by atoms with Gasteiger partial charge in [-0.05, 0) is 102 Å². The van der Waals surface area contributed by atoms with Gasteiger partial charge in [0, 0.05) is 31.0 Å². The van der Waals surface area contributed by atoms with Gasteiger partial charge in [0.15, 0.2) is 0 Å². The molecule has 0 aliphatic carbocycles. The van der Waals surface area contributed by atoms with E-state index in [0.717, 1.165) is 57.7 Å². The minimum Gasteiger partial charge on any atom is -0.372 e. The molecule has 5 rings (SSSR count). The molecule has 4 aliphatic heterocycles. The molecule has 1 spiro atoms. The molecule has 0 saturated carbocycles. The van der Waals surface area contributed by atoms with Crippen LogP contribution in [0.1, 0.15) is 50.5 Å². The number of nitrogens with zero attached hydrogens (tertiary/aromatic N) is 2. The number of carbonyl (C=O) groups excluding carboxylic acids is 1. The molecule has 1 amide bonds. The van der Waals surface area contributed by atoms with Gasteiger partial charge in [0.1, 0.15) is 0 Å². The lowest BCUT2D eigenvalue weighted by Gasteiger charge is -2.32. The van der Waals surface area contributed by atoms with Crippen LogP contribution < -0.4 is 20.4 Å². The van der Waals surface area contributed by atoms with Crippen molar-refractivity contribution in [3.63, 3.8) is 0 Å². The Morgan fingerprint density at radius 1 is 0.857 bits per heavy atom. The number of carbonyl (C=O) groups is 1. The number of amides is 1. The highest BCUT2D eigenvalue weighted by atomic mass is 16.2. The van der Waals surface area contributed by atoms with E-state index in [9.17, 15) is 4.79 Å². The van der Waals surface area contributed by atoms with E-state index in [-0.39, 0.29) is 5.41 Å². The van der Waals surface area contributed by atoms with E-state index >= 15 is 0 Å². The molecule has 4 saturated heterocycles. The average Bonchev–Trinajstić information content (AvgIpc) is 3.49. The van der Waals surface area contributed by atoms with Crippen molar-refractivity contribution in [3.05, 3.63) is 23.8 Å². The first-order valence-electron chi connectivity index (χ1n) is 11.3. The molecule has 154 valence electrons. The Morgan fingerprint density at radius 3 is 2.14 bits per heavy atom. The molecule has 0 atom stereocenters. The smallest absolute Gasteiger partial charge is 0.233 e. The number of anilines is 2. The largest absolute Gasteiger partial charge is 0.372 e. The first-order chi connectivity index (χ1) is 13.7. The molecular formula is C23H36N4O. The lowest BCUT2D eigenvalue weighted by atomic mass is 9.77. The highest BCUT2D eigenvalue weighted by Crippen LogP contribution is 2.42. The summed E-state index contributed by atoms with van der Waals surface area (Å²) in [5, 5.41) is 6.61. The first kappa shape index (κ1) is 19.7. The van der Waals surface area contributed by atoms with Gasteiger partial charge in [-0.1, -0.05) is 0 Å². The number of benzene rings is 1. The summed E-state index contributed by atoms with van der Waals surface area (Å²) in [7, 11) is 0. The number of hydrogen-bond acceptors (Lipinski definition) is 4. The van der Waals surface area contributed by atoms with Gasteiger partial charge in [0.2, 0.25) is 5.91 Å². The van der Waals surface area contributed by atoms with E-state index in [2.05, 4.69) is 45.6 Å². The van der Waals surface area contributed by atoms with Crippen LogP contribution in [0, 0.1) is 12.3 Å². The predicted molar refractivity (Wildman–Crippen MR) is 116 cm³/mol. The topological polar surface area (TPSA) is 47.6 Å². The quantitative estimate of drug-likeness (QED) is 0.823. The van der Waals surface area contributed by atoms with Crippen LogP contribution >= 0.6 is 0 Å². The van der Waals surface area contributed by atoms with E-state index in [1.54, 1.807) is 0 Å². The molecule has 4 fully saturated rings. The molecule has 28 heavy (non-hydrogen) atoms. The van der Waals surface area contributed by atoms with Crippen LogP contribution in [0.2, 0.25) is 0 Å². The first-order valence-corrected chi connectivity index (χ1v) is 11.3. The fourth-order valence-corrected chi connectivity index (χ4v) is 5.16. The molecule has 1 aromatic rings. The van der Waals surface area contributed by atoms with Crippen LogP contribution in [0.15, 0.2) is 18.2 Å². The summed E-state index contributed by atoms with van der Waals surface area (Å²) in [4.78, 5) is 17.6. The number of aryl methyl sites for hydroxylation is 1. The molecule has 1 aromatic carbocycles. The van der Waals surface area contributed by atoms with E-state index < -0.39 is 0 Å². The molecule has 5 heteroatoms. The standard InChI is InChI=1S/C19H27N3O.C4H9N/c1-15-14-16(21-11-2-3-12-21)4-5-17(15)22-13-8-19(18(22)23)6-9-20-10-7-19;1-2-4-5-3-1/h4-5,14,20H,2-3,6-13H2,1H3;5H,1-4H2. The maximum Gasteiger partial charge on any atom is 0.233 e. The average molecular weight is 385 g/mol. The summed E-state index contributed by atoms with van der Waals surface area (Å²) in [5.74, 6) is 0.357. The minimum absolute atomic E-state index is 0.0920. The zero-order chi connectivity index (χ0) is 19.4. The Hall–Kier alpha value is -1.59. The predicted octanol–water partition coefficient (Wildman–Crippen LogP) is 3.07. The fraction of sp³-hybridized carbons (Fsp3) is 0.696. The Morgan fingerprint density at radius 2 is 1.54 bits per heavy atom. The molecule has 0 aromatic heterocycles. The van der Waals surface area contributed by atoms with E-state index in [1.807, 2.05) is 0 Å². The van der Waals surface area contributed by atoms with Gasteiger partial charge in [0.25, 0.3) is 0 Å². The van der Waals surface area contributed by atoms with Gasteiger partial charge < -0.3 is 20.4 Å². The highest BCUT2D eigenvalue weighted by molar-refractivity contribution is 6.00. The third-order valence-electron chi connectivity index (χ3n) is 6.97. The van der Waals surface area contributed by atoms with E-state index in [0.29, 0.717) is 5.91 Å². The molecule has 4 aliphatic rings. The summed E-state index contributed by atoms with van der Waals surface area (Å²) in [6, 6.07) is 6.64. The molecule has 0 radical (unpaired) electrons. The number of rotatable bonds is 2. The van der Waals surface area contributed by atoms with E-state index in [1.165, 1.54) is 50.0 Å². The van der Waals surface area contributed by atoms with Gasteiger partial charge in [-0.25, -0.2) is 0 Å². The zero-order valence-electron chi connectivity index (χ0n) is 17.4. The van der Waals surface area contributed by atoms with Gasteiger partial charge >= 0.3 is 0 Å². The van der Waals surface area contributed by atoms with Crippen molar-refractivity contribution in [1.29, 1.82) is 0 Å². The minimum atomic E-state index is -0.0920. The van der Waals surface area contributed by atoms with Crippen molar-refractivity contribution in [2.75, 3.05) is 55.6 Å². The van der Waals surface area contributed by atoms with Gasteiger partial charge in [0.05, 0.1) is 5.41 Å². The molecule has 4 heterocycles. The van der Waals surface area contributed by atoms with Crippen LogP contribution in [0.3, 0.4) is 0 Å². The van der Waals surface area contributed by atoms with Crippen molar-refractivity contribution in [2.45, 2.75) is 51.9 Å². The van der Waals surface area contributed by atoms with Gasteiger partial charge in [-0.3, -0.25) is 4.79 Å². The molecule has 2 N–H and O–H groups in total. The number of hydrogen-bond donors (Lipinski definition) is 2. The van der Waals surface area contributed by atoms with Crippen molar-refractivity contribution in [1.82, 2.24) is 10.6 Å². The third kappa shape index (κ3) is 4.06. The van der Waals surface area contributed by atoms with Gasteiger partial charge in [-0.2, -0.15) is 0 Å². The fourth-order valence-electron chi connectivity index (χ4n) is 5.16. The Labute approximate surface area is 169 Å². The maximum absolute atomic E-state index is 13.1. The van der Waals surface area contributed by atoms with Crippen molar-refractivity contribution < 1.29 is 4.79 Å². The molecule has 5 nitrogen and oxygen atoms in total. The summed E-state index contributed by atoms with van der Waals surface area (Å²) >= 11 is 0. The van der Waals surface area contributed by atoms with Crippen molar-refractivity contribution in [2.24, 2.45) is 5.41 Å². The molecule has 0 unspecified atom stereocenters. The van der Waals surface area contributed by atoms with Gasteiger partial charge in [-0.15, -0.1) is 0 Å². The number of piperidine rings is 1. The number of nitrogens with one attached hydrogen (secondary N) is 2. The molecular weight excluding hydrogens is 348 g/mol. The Balaban J connectivity index is 0.000000336. The van der Waals surface area contributed by atoms with Crippen molar-refractivity contribution >= 4 is 17.3 Å². The van der Waals surface area contributed by atoms with Crippen LogP contribution in [-0.4, -0.2) is 51.7 Å². The van der Waals surface area contributed by atoms with Crippen LogP contribution in [-0.2, 0) is 4.79 Å². The second kappa shape index (κ2) is 8.83. The summed E-state index contributed by atoms with van der Waals surface area (Å²) < 4.78 is 0. The van der Waals surface area contributed by atoms with Crippen molar-refractivity contribution in [3.8, 4) is 0 Å². The third-order valence-corrected chi connectivity index (χ3v) is 6.97. The maximum atomic E-state index is 13.1. The van der Waals surface area contributed by atoms with E-state index in [4.69, 9.17) is 0 Å². The van der Waals surface area contributed by atoms with Crippen LogP contribution in [0.25, 0.3) is 0 Å². The highest BCUT2D eigenvalue weighted by Gasteiger charge is 2.47.